The Morgan fingerprint density at radius 2 is 2.00 bits per heavy atom. The number of hydrogen-bond acceptors (Lipinski definition) is 3. The van der Waals surface area contributed by atoms with Crippen LogP contribution in [0.25, 0.3) is 11.3 Å². The number of nitrogens with zero attached hydrogens (tertiary/aromatic N) is 2. The first-order valence-electron chi connectivity index (χ1n) is 5.65. The molecular formula is C13H13F2N3. The first-order valence-corrected chi connectivity index (χ1v) is 5.65. The molecule has 0 amide bonds. The van der Waals surface area contributed by atoms with Crippen molar-refractivity contribution in [2.24, 2.45) is 0 Å². The molecule has 2 aromatic rings. The minimum absolute atomic E-state index is 0.139. The summed E-state index contributed by atoms with van der Waals surface area (Å²) in [6.07, 6.45) is 0. The van der Waals surface area contributed by atoms with Gasteiger partial charge >= 0.3 is 0 Å². The maximum atomic E-state index is 13.7. The maximum Gasteiger partial charge on any atom is 0.168 e. The van der Waals surface area contributed by atoms with Gasteiger partial charge in [-0.2, -0.15) is 0 Å². The molecule has 0 radical (unpaired) electrons. The standard InChI is InChI=1S/C13H13F2N3/c1-3-16-12-7-11(17-8(2)18-12)9-5-4-6-10(14)13(9)15/h4-7H,3H2,1-2H3,(H,16,17,18). The van der Waals surface area contributed by atoms with Crippen molar-refractivity contribution < 1.29 is 8.78 Å². The van der Waals surface area contributed by atoms with Gasteiger partial charge in [-0.1, -0.05) is 6.07 Å². The van der Waals surface area contributed by atoms with E-state index in [2.05, 4.69) is 15.3 Å². The number of hydrogen-bond donors (Lipinski definition) is 1. The lowest BCUT2D eigenvalue weighted by atomic mass is 10.1. The van der Waals surface area contributed by atoms with Crippen LogP contribution in [0.4, 0.5) is 14.6 Å². The van der Waals surface area contributed by atoms with Crippen LogP contribution in [0.2, 0.25) is 0 Å². The van der Waals surface area contributed by atoms with Gasteiger partial charge in [0, 0.05) is 18.2 Å². The molecule has 0 fully saturated rings. The number of aromatic nitrogens is 2. The smallest absolute Gasteiger partial charge is 0.168 e. The van der Waals surface area contributed by atoms with Gasteiger partial charge in [0.05, 0.1) is 5.69 Å². The fraction of sp³-hybridized carbons (Fsp3) is 0.231. The molecule has 0 saturated heterocycles. The van der Waals surface area contributed by atoms with Crippen LogP contribution in [0.15, 0.2) is 24.3 Å². The largest absolute Gasteiger partial charge is 0.370 e. The van der Waals surface area contributed by atoms with Crippen LogP contribution in [0, 0.1) is 18.6 Å². The van der Waals surface area contributed by atoms with E-state index in [9.17, 15) is 8.78 Å². The Kier molecular flexibility index (Phi) is 3.50. The molecular weight excluding hydrogens is 236 g/mol. The van der Waals surface area contributed by atoms with E-state index in [0.717, 1.165) is 6.07 Å². The van der Waals surface area contributed by atoms with Gasteiger partial charge in [0.1, 0.15) is 11.6 Å². The van der Waals surface area contributed by atoms with Crippen molar-refractivity contribution in [3.8, 4) is 11.3 Å². The summed E-state index contributed by atoms with van der Waals surface area (Å²) in [4.78, 5) is 8.29. The van der Waals surface area contributed by atoms with Crippen molar-refractivity contribution in [1.82, 2.24) is 9.97 Å². The second kappa shape index (κ2) is 5.08. The second-order valence-corrected chi connectivity index (χ2v) is 3.82. The van der Waals surface area contributed by atoms with Crippen LogP contribution in [-0.2, 0) is 0 Å². The molecule has 0 atom stereocenters. The van der Waals surface area contributed by atoms with Gasteiger partial charge in [-0.15, -0.1) is 0 Å². The van der Waals surface area contributed by atoms with Crippen molar-refractivity contribution in [1.29, 1.82) is 0 Å². The summed E-state index contributed by atoms with van der Waals surface area (Å²) >= 11 is 0. The third kappa shape index (κ3) is 2.45. The van der Waals surface area contributed by atoms with Gasteiger partial charge in [-0.05, 0) is 26.0 Å². The zero-order valence-corrected chi connectivity index (χ0v) is 10.2. The van der Waals surface area contributed by atoms with Gasteiger partial charge in [0.25, 0.3) is 0 Å². The summed E-state index contributed by atoms with van der Waals surface area (Å²) < 4.78 is 26.9. The minimum atomic E-state index is -0.891. The lowest BCUT2D eigenvalue weighted by Gasteiger charge is -2.08. The van der Waals surface area contributed by atoms with Gasteiger partial charge < -0.3 is 5.32 Å². The highest BCUT2D eigenvalue weighted by Gasteiger charge is 2.12. The molecule has 0 bridgehead atoms. The maximum absolute atomic E-state index is 13.7. The molecule has 1 aromatic carbocycles. The van der Waals surface area contributed by atoms with Crippen LogP contribution in [0.3, 0.4) is 0 Å². The molecule has 5 heteroatoms. The molecule has 1 N–H and O–H groups in total. The number of aryl methyl sites for hydroxylation is 1. The number of anilines is 1. The molecule has 1 aromatic heterocycles. The predicted molar refractivity (Wildman–Crippen MR) is 66.3 cm³/mol. The van der Waals surface area contributed by atoms with Gasteiger partial charge in [-0.3, -0.25) is 0 Å². The number of rotatable bonds is 3. The van der Waals surface area contributed by atoms with E-state index in [1.54, 1.807) is 13.0 Å². The van der Waals surface area contributed by atoms with Crippen LogP contribution in [-0.4, -0.2) is 16.5 Å². The Balaban J connectivity index is 2.53. The average Bonchev–Trinajstić information content (AvgIpc) is 2.32. The first-order chi connectivity index (χ1) is 8.61. The van der Waals surface area contributed by atoms with Crippen LogP contribution >= 0.6 is 0 Å². The van der Waals surface area contributed by atoms with Gasteiger partial charge in [0.15, 0.2) is 11.6 Å². The highest BCUT2D eigenvalue weighted by atomic mass is 19.2. The Morgan fingerprint density at radius 3 is 2.72 bits per heavy atom. The lowest BCUT2D eigenvalue weighted by Crippen LogP contribution is -2.03. The first kappa shape index (κ1) is 12.4. The molecule has 0 aliphatic heterocycles. The molecule has 18 heavy (non-hydrogen) atoms. The molecule has 0 saturated carbocycles. The van der Waals surface area contributed by atoms with Crippen molar-refractivity contribution in [2.75, 3.05) is 11.9 Å². The van der Waals surface area contributed by atoms with Crippen molar-refractivity contribution in [3.05, 3.63) is 41.7 Å². The van der Waals surface area contributed by atoms with Crippen molar-refractivity contribution in [3.63, 3.8) is 0 Å². The molecule has 0 unspecified atom stereocenters. The molecule has 0 spiro atoms. The number of benzene rings is 1. The summed E-state index contributed by atoms with van der Waals surface area (Å²) in [5.41, 5.74) is 0.509. The minimum Gasteiger partial charge on any atom is -0.370 e. The summed E-state index contributed by atoms with van der Waals surface area (Å²) in [5, 5.41) is 3.03. The fourth-order valence-corrected chi connectivity index (χ4v) is 1.68. The summed E-state index contributed by atoms with van der Waals surface area (Å²) in [6, 6.07) is 5.64. The summed E-state index contributed by atoms with van der Waals surface area (Å²) in [6.45, 7) is 4.34. The van der Waals surface area contributed by atoms with Crippen LogP contribution < -0.4 is 5.32 Å². The van der Waals surface area contributed by atoms with E-state index >= 15 is 0 Å². The number of halogens is 2. The van der Waals surface area contributed by atoms with E-state index in [1.807, 2.05) is 6.92 Å². The average molecular weight is 249 g/mol. The van der Waals surface area contributed by atoms with Crippen LogP contribution in [0.1, 0.15) is 12.7 Å². The van der Waals surface area contributed by atoms with E-state index in [1.165, 1.54) is 12.1 Å². The SMILES string of the molecule is CCNc1cc(-c2cccc(F)c2F)nc(C)n1. The fourth-order valence-electron chi connectivity index (χ4n) is 1.68. The van der Waals surface area contributed by atoms with Crippen molar-refractivity contribution >= 4 is 5.82 Å². The topological polar surface area (TPSA) is 37.8 Å². The summed E-state index contributed by atoms with van der Waals surface area (Å²) in [7, 11) is 0. The molecule has 0 aliphatic carbocycles. The zero-order valence-electron chi connectivity index (χ0n) is 10.2. The van der Waals surface area contributed by atoms with E-state index in [4.69, 9.17) is 0 Å². The highest BCUT2D eigenvalue weighted by Crippen LogP contribution is 2.24. The number of nitrogens with one attached hydrogen (secondary N) is 1. The molecule has 3 nitrogen and oxygen atoms in total. The summed E-state index contributed by atoms with van der Waals surface area (Å²) in [5.74, 6) is -0.664. The Bertz CT molecular complexity index is 570. The molecule has 0 aliphatic rings. The highest BCUT2D eigenvalue weighted by molar-refractivity contribution is 5.63. The molecule has 1 heterocycles. The van der Waals surface area contributed by atoms with E-state index < -0.39 is 11.6 Å². The quantitative estimate of drug-likeness (QED) is 0.908. The molecule has 94 valence electrons. The van der Waals surface area contributed by atoms with Crippen LogP contribution in [0.5, 0.6) is 0 Å². The van der Waals surface area contributed by atoms with E-state index in [0.29, 0.717) is 23.9 Å². The van der Waals surface area contributed by atoms with E-state index in [-0.39, 0.29) is 5.56 Å². The van der Waals surface area contributed by atoms with Gasteiger partial charge in [0.2, 0.25) is 0 Å². The molecule has 2 rings (SSSR count). The Morgan fingerprint density at radius 1 is 1.22 bits per heavy atom. The lowest BCUT2D eigenvalue weighted by molar-refractivity contribution is 0.511. The van der Waals surface area contributed by atoms with Crippen molar-refractivity contribution in [2.45, 2.75) is 13.8 Å². The monoisotopic (exact) mass is 249 g/mol. The second-order valence-electron chi connectivity index (χ2n) is 3.82. The third-order valence-corrected chi connectivity index (χ3v) is 2.42. The predicted octanol–water partition coefficient (Wildman–Crippen LogP) is 3.16. The zero-order chi connectivity index (χ0) is 13.1. The third-order valence-electron chi connectivity index (χ3n) is 2.42. The van der Waals surface area contributed by atoms with Gasteiger partial charge in [-0.25, -0.2) is 18.7 Å². The Labute approximate surface area is 104 Å². The Hall–Kier alpha value is -2.04. The normalized spacial score (nSPS) is 10.4.